The Labute approximate surface area is 91.1 Å². The number of aryl methyl sites for hydroxylation is 1. The van der Waals surface area contributed by atoms with Crippen molar-refractivity contribution in [1.29, 1.82) is 0 Å². The van der Waals surface area contributed by atoms with Crippen molar-refractivity contribution in [1.82, 2.24) is 10.2 Å². The molecule has 0 spiro atoms. The zero-order chi connectivity index (χ0) is 10.4. The predicted octanol–water partition coefficient (Wildman–Crippen LogP) is 1.76. The Morgan fingerprint density at radius 1 is 1.57 bits per heavy atom. The van der Waals surface area contributed by atoms with Crippen LogP contribution in [0.5, 0.6) is 0 Å². The Morgan fingerprint density at radius 2 is 2.36 bits per heavy atom. The third kappa shape index (κ3) is 3.63. The molecule has 4 nitrogen and oxygen atoms in total. The van der Waals surface area contributed by atoms with Gasteiger partial charge in [0.05, 0.1) is 12.9 Å². The first kappa shape index (κ1) is 11.5. The summed E-state index contributed by atoms with van der Waals surface area (Å²) in [6.45, 7) is 2.10. The highest BCUT2D eigenvalue weighted by atomic mass is 32.2. The topological polar surface area (TPSA) is 52.1 Å². The number of nitrogens with zero attached hydrogens (tertiary/aromatic N) is 2. The predicted molar refractivity (Wildman–Crippen MR) is 56.6 cm³/mol. The second-order valence-electron chi connectivity index (χ2n) is 2.58. The highest BCUT2D eigenvalue weighted by molar-refractivity contribution is 8.01. The molecule has 1 aromatic heterocycles. The first-order valence-electron chi connectivity index (χ1n) is 4.28. The largest absolute Gasteiger partial charge is 0.468 e. The van der Waals surface area contributed by atoms with E-state index in [2.05, 4.69) is 21.9 Å². The van der Waals surface area contributed by atoms with Gasteiger partial charge in [-0.05, 0) is 6.42 Å². The highest BCUT2D eigenvalue weighted by Crippen LogP contribution is 2.22. The summed E-state index contributed by atoms with van der Waals surface area (Å²) in [4.78, 5) is 10.8. The van der Waals surface area contributed by atoms with Crippen LogP contribution < -0.4 is 0 Å². The van der Waals surface area contributed by atoms with Crippen molar-refractivity contribution in [2.45, 2.75) is 24.1 Å². The van der Waals surface area contributed by atoms with E-state index in [0.717, 1.165) is 22.2 Å². The Morgan fingerprint density at radius 3 is 3.00 bits per heavy atom. The average Bonchev–Trinajstić information content (AvgIpc) is 2.63. The van der Waals surface area contributed by atoms with Crippen molar-refractivity contribution < 1.29 is 9.53 Å². The van der Waals surface area contributed by atoms with E-state index in [-0.39, 0.29) is 5.97 Å². The van der Waals surface area contributed by atoms with Crippen LogP contribution in [-0.2, 0) is 16.0 Å². The molecule has 0 aliphatic carbocycles. The number of methoxy groups -OCH3 is 1. The molecule has 6 heteroatoms. The first-order valence-corrected chi connectivity index (χ1v) is 6.08. The number of thioether (sulfide) groups is 1. The number of hydrogen-bond acceptors (Lipinski definition) is 6. The molecular weight excluding hydrogens is 220 g/mol. The van der Waals surface area contributed by atoms with Crippen molar-refractivity contribution in [3.05, 3.63) is 5.01 Å². The third-order valence-electron chi connectivity index (χ3n) is 1.45. The van der Waals surface area contributed by atoms with Crippen molar-refractivity contribution in [3.8, 4) is 0 Å². The van der Waals surface area contributed by atoms with Gasteiger partial charge in [0, 0.05) is 6.42 Å². The van der Waals surface area contributed by atoms with E-state index < -0.39 is 0 Å². The number of esters is 1. The molecule has 0 N–H and O–H groups in total. The number of hydrogen-bond donors (Lipinski definition) is 0. The molecule has 0 radical (unpaired) electrons. The summed E-state index contributed by atoms with van der Waals surface area (Å²) in [6, 6.07) is 0. The van der Waals surface area contributed by atoms with Crippen LogP contribution in [-0.4, -0.2) is 29.0 Å². The second-order valence-corrected chi connectivity index (χ2v) is 4.86. The molecule has 0 saturated carbocycles. The Hall–Kier alpha value is -0.620. The number of carbonyl (C=O) groups excluding carboxylic acids is 1. The lowest BCUT2D eigenvalue weighted by molar-refractivity contribution is -0.137. The lowest BCUT2D eigenvalue weighted by Gasteiger charge is -1.94. The molecule has 0 aromatic carbocycles. The van der Waals surface area contributed by atoms with Crippen LogP contribution in [0.15, 0.2) is 4.34 Å². The number of carbonyl (C=O) groups is 1. The van der Waals surface area contributed by atoms with Gasteiger partial charge < -0.3 is 4.74 Å². The summed E-state index contributed by atoms with van der Waals surface area (Å²) >= 11 is 2.91. The molecule has 1 heterocycles. The van der Waals surface area contributed by atoms with Crippen molar-refractivity contribution in [2.24, 2.45) is 0 Å². The minimum absolute atomic E-state index is 0.234. The van der Waals surface area contributed by atoms with Crippen LogP contribution in [0.1, 0.15) is 18.4 Å². The number of rotatable bonds is 5. The molecule has 1 aromatic rings. The molecule has 0 aliphatic rings. The van der Waals surface area contributed by atoms with E-state index in [9.17, 15) is 4.79 Å². The van der Waals surface area contributed by atoms with Gasteiger partial charge in [0.1, 0.15) is 5.01 Å². The van der Waals surface area contributed by atoms with Crippen LogP contribution >= 0.6 is 23.1 Å². The smallest absolute Gasteiger partial charge is 0.316 e. The van der Waals surface area contributed by atoms with Gasteiger partial charge in [0.15, 0.2) is 4.34 Å². The van der Waals surface area contributed by atoms with Crippen LogP contribution in [0.2, 0.25) is 0 Å². The molecule has 14 heavy (non-hydrogen) atoms. The summed E-state index contributed by atoms with van der Waals surface area (Å²) < 4.78 is 5.36. The van der Waals surface area contributed by atoms with Gasteiger partial charge in [0.2, 0.25) is 0 Å². The van der Waals surface area contributed by atoms with Gasteiger partial charge >= 0.3 is 5.97 Å². The van der Waals surface area contributed by atoms with Gasteiger partial charge in [0.25, 0.3) is 0 Å². The summed E-state index contributed by atoms with van der Waals surface area (Å²) in [5.41, 5.74) is 0. The maximum Gasteiger partial charge on any atom is 0.316 e. The van der Waals surface area contributed by atoms with Gasteiger partial charge in [-0.1, -0.05) is 30.0 Å². The number of ether oxygens (including phenoxy) is 1. The SMILES string of the molecule is CCCc1nnc(SCC(=O)OC)s1. The fourth-order valence-corrected chi connectivity index (χ4v) is 2.62. The van der Waals surface area contributed by atoms with Crippen LogP contribution in [0.3, 0.4) is 0 Å². The van der Waals surface area contributed by atoms with E-state index in [1.165, 1.54) is 18.9 Å². The molecular formula is C8H12N2O2S2. The molecule has 1 rings (SSSR count). The van der Waals surface area contributed by atoms with Crippen LogP contribution in [0, 0.1) is 0 Å². The fourth-order valence-electron chi connectivity index (χ4n) is 0.791. The summed E-state index contributed by atoms with van der Waals surface area (Å²) in [7, 11) is 1.38. The molecule has 0 saturated heterocycles. The molecule has 0 fully saturated rings. The van der Waals surface area contributed by atoms with Crippen molar-refractivity contribution in [2.75, 3.05) is 12.9 Å². The quantitative estimate of drug-likeness (QED) is 0.572. The van der Waals surface area contributed by atoms with Crippen molar-refractivity contribution >= 4 is 29.1 Å². The average molecular weight is 232 g/mol. The maximum absolute atomic E-state index is 10.8. The maximum atomic E-state index is 10.8. The summed E-state index contributed by atoms with van der Waals surface area (Å²) in [5.74, 6) is 0.0688. The normalized spacial score (nSPS) is 10.1. The minimum Gasteiger partial charge on any atom is -0.468 e. The van der Waals surface area contributed by atoms with Gasteiger partial charge in [-0.15, -0.1) is 10.2 Å². The van der Waals surface area contributed by atoms with E-state index in [0.29, 0.717) is 5.75 Å². The first-order chi connectivity index (χ1) is 6.76. The zero-order valence-corrected chi connectivity index (χ0v) is 9.78. The van der Waals surface area contributed by atoms with Crippen molar-refractivity contribution in [3.63, 3.8) is 0 Å². The summed E-state index contributed by atoms with van der Waals surface area (Å²) in [6.07, 6.45) is 2.02. The lowest BCUT2D eigenvalue weighted by atomic mass is 10.4. The van der Waals surface area contributed by atoms with E-state index >= 15 is 0 Å². The Balaban J connectivity index is 2.39. The summed E-state index contributed by atoms with van der Waals surface area (Å²) in [5, 5.41) is 9.00. The standard InChI is InChI=1S/C8H12N2O2S2/c1-3-4-6-9-10-8(14-6)13-5-7(11)12-2/h3-5H2,1-2H3. The third-order valence-corrected chi connectivity index (χ3v) is 3.54. The molecule has 0 amide bonds. The molecule has 0 atom stereocenters. The Kier molecular flexibility index (Phi) is 4.89. The minimum atomic E-state index is -0.234. The van der Waals surface area contributed by atoms with Crippen LogP contribution in [0.4, 0.5) is 0 Å². The monoisotopic (exact) mass is 232 g/mol. The molecule has 0 unspecified atom stereocenters. The van der Waals surface area contributed by atoms with E-state index in [1.54, 1.807) is 11.3 Å². The number of aromatic nitrogens is 2. The molecule has 78 valence electrons. The Bertz CT molecular complexity index is 301. The molecule has 0 aliphatic heterocycles. The van der Waals surface area contributed by atoms with Gasteiger partial charge in [-0.25, -0.2) is 0 Å². The lowest BCUT2D eigenvalue weighted by Crippen LogP contribution is -2.02. The van der Waals surface area contributed by atoms with Gasteiger partial charge in [-0.2, -0.15) is 0 Å². The molecule has 0 bridgehead atoms. The second kappa shape index (κ2) is 5.98. The fraction of sp³-hybridized carbons (Fsp3) is 0.625. The van der Waals surface area contributed by atoms with Gasteiger partial charge in [-0.3, -0.25) is 4.79 Å². The highest BCUT2D eigenvalue weighted by Gasteiger charge is 2.07. The van der Waals surface area contributed by atoms with E-state index in [1.807, 2.05) is 0 Å². The van der Waals surface area contributed by atoms with E-state index in [4.69, 9.17) is 0 Å². The zero-order valence-electron chi connectivity index (χ0n) is 8.15. The van der Waals surface area contributed by atoms with Crippen LogP contribution in [0.25, 0.3) is 0 Å².